The molecule has 1 aromatic heterocycles. The van der Waals surface area contributed by atoms with Gasteiger partial charge in [0.15, 0.2) is 0 Å². The first-order valence-electron chi connectivity index (χ1n) is 5.90. The van der Waals surface area contributed by atoms with Crippen molar-refractivity contribution < 1.29 is 19.6 Å². The number of hydrogen-bond donors (Lipinski definition) is 1. The lowest BCUT2D eigenvalue weighted by Crippen LogP contribution is -1.94. The molecule has 0 atom stereocenters. The molecule has 0 saturated heterocycles. The van der Waals surface area contributed by atoms with Gasteiger partial charge in [-0.1, -0.05) is 6.07 Å². The van der Waals surface area contributed by atoms with E-state index in [0.29, 0.717) is 5.75 Å². The third-order valence-corrected chi connectivity index (χ3v) is 3.43. The van der Waals surface area contributed by atoms with Crippen LogP contribution in [-0.4, -0.2) is 16.0 Å². The lowest BCUT2D eigenvalue weighted by atomic mass is 10.3. The van der Waals surface area contributed by atoms with Gasteiger partial charge in [-0.15, -0.1) is 11.3 Å². The molecule has 0 aliphatic rings. The number of carboxylic acid groups (broad SMARTS) is 1. The van der Waals surface area contributed by atoms with E-state index in [1.54, 1.807) is 12.1 Å². The van der Waals surface area contributed by atoms with Crippen molar-refractivity contribution >= 4 is 29.1 Å². The van der Waals surface area contributed by atoms with Gasteiger partial charge in [0.1, 0.15) is 12.4 Å². The minimum atomic E-state index is -1.00. The quantitative estimate of drug-likeness (QED) is 0.502. The normalized spacial score (nSPS) is 10.7. The average molecular weight is 305 g/mol. The van der Waals surface area contributed by atoms with Crippen molar-refractivity contribution in [3.05, 3.63) is 62.3 Å². The van der Waals surface area contributed by atoms with Crippen molar-refractivity contribution in [2.24, 2.45) is 0 Å². The molecule has 0 spiro atoms. The van der Waals surface area contributed by atoms with Crippen molar-refractivity contribution in [2.75, 3.05) is 0 Å². The second kappa shape index (κ2) is 6.67. The highest BCUT2D eigenvalue weighted by molar-refractivity contribution is 7.10. The van der Waals surface area contributed by atoms with Gasteiger partial charge in [0.05, 0.1) is 11.0 Å². The first-order chi connectivity index (χ1) is 10.0. The van der Waals surface area contributed by atoms with Gasteiger partial charge in [-0.25, -0.2) is 4.79 Å². The summed E-state index contributed by atoms with van der Waals surface area (Å²) in [5.41, 5.74) is 0.754. The molecule has 0 fully saturated rings. The molecule has 0 bridgehead atoms. The molecule has 6 nitrogen and oxygen atoms in total. The van der Waals surface area contributed by atoms with Crippen LogP contribution in [0.1, 0.15) is 10.4 Å². The van der Waals surface area contributed by atoms with Gasteiger partial charge in [-0.05, 0) is 29.2 Å². The second-order valence-corrected chi connectivity index (χ2v) is 5.06. The minimum absolute atomic E-state index is 0.0243. The summed E-state index contributed by atoms with van der Waals surface area (Å²) in [5, 5.41) is 21.0. The Kier molecular flexibility index (Phi) is 4.68. The molecule has 1 aromatic carbocycles. The Morgan fingerprint density at radius 2 is 2.24 bits per heavy atom. The fourth-order valence-electron chi connectivity index (χ4n) is 1.57. The van der Waals surface area contributed by atoms with E-state index in [-0.39, 0.29) is 12.3 Å². The number of thiophene rings is 1. The first-order valence-corrected chi connectivity index (χ1v) is 6.78. The number of carboxylic acids is 1. The number of rotatable bonds is 6. The molecule has 0 saturated carbocycles. The van der Waals surface area contributed by atoms with Crippen LogP contribution in [0.2, 0.25) is 0 Å². The van der Waals surface area contributed by atoms with Crippen LogP contribution in [0.25, 0.3) is 6.08 Å². The number of nitrogens with zero attached hydrogens (tertiary/aromatic N) is 1. The van der Waals surface area contributed by atoms with Crippen LogP contribution in [-0.2, 0) is 11.4 Å². The molecule has 1 heterocycles. The smallest absolute Gasteiger partial charge is 0.328 e. The number of benzene rings is 1. The third-order valence-electron chi connectivity index (χ3n) is 2.50. The van der Waals surface area contributed by atoms with E-state index in [4.69, 9.17) is 9.84 Å². The molecule has 2 rings (SSSR count). The van der Waals surface area contributed by atoms with E-state index in [1.165, 1.54) is 29.5 Å². The van der Waals surface area contributed by atoms with Crippen LogP contribution in [0.4, 0.5) is 5.69 Å². The van der Waals surface area contributed by atoms with E-state index in [2.05, 4.69) is 0 Å². The van der Waals surface area contributed by atoms with Gasteiger partial charge in [0.25, 0.3) is 5.69 Å². The Morgan fingerprint density at radius 1 is 1.43 bits per heavy atom. The molecule has 0 unspecified atom stereocenters. The molecule has 108 valence electrons. The van der Waals surface area contributed by atoms with Crippen molar-refractivity contribution in [1.82, 2.24) is 0 Å². The lowest BCUT2D eigenvalue weighted by Gasteiger charge is -2.03. The van der Waals surface area contributed by atoms with E-state index in [9.17, 15) is 14.9 Å². The van der Waals surface area contributed by atoms with Crippen LogP contribution in [0.15, 0.2) is 41.8 Å². The molecule has 0 radical (unpaired) electrons. The molecule has 7 heteroatoms. The third kappa shape index (κ3) is 4.43. The predicted octanol–water partition coefficient (Wildman–Crippen LogP) is 3.33. The summed E-state index contributed by atoms with van der Waals surface area (Å²) in [6.07, 6.45) is 2.56. The van der Waals surface area contributed by atoms with Gasteiger partial charge in [0, 0.05) is 17.0 Å². The molecular weight excluding hydrogens is 294 g/mol. The first kappa shape index (κ1) is 14.7. The Labute approximate surface area is 124 Å². The van der Waals surface area contributed by atoms with E-state index in [1.807, 2.05) is 11.4 Å². The van der Waals surface area contributed by atoms with Crippen molar-refractivity contribution in [1.29, 1.82) is 0 Å². The van der Waals surface area contributed by atoms with E-state index < -0.39 is 10.9 Å². The Morgan fingerprint density at radius 3 is 2.95 bits per heavy atom. The maximum Gasteiger partial charge on any atom is 0.328 e. The van der Waals surface area contributed by atoms with Crippen molar-refractivity contribution in [3.63, 3.8) is 0 Å². The zero-order chi connectivity index (χ0) is 15.2. The lowest BCUT2D eigenvalue weighted by molar-refractivity contribution is -0.384. The van der Waals surface area contributed by atoms with Crippen molar-refractivity contribution in [2.45, 2.75) is 6.61 Å². The van der Waals surface area contributed by atoms with Crippen LogP contribution in [0.3, 0.4) is 0 Å². The molecule has 21 heavy (non-hydrogen) atoms. The topological polar surface area (TPSA) is 89.7 Å². The maximum atomic E-state index is 10.7. The summed E-state index contributed by atoms with van der Waals surface area (Å²) in [5.74, 6) is -0.587. The molecule has 0 amide bonds. The second-order valence-electron chi connectivity index (χ2n) is 4.06. The monoisotopic (exact) mass is 305 g/mol. The van der Waals surface area contributed by atoms with Gasteiger partial charge in [-0.2, -0.15) is 0 Å². The number of nitro groups is 1. The summed E-state index contributed by atoms with van der Waals surface area (Å²) in [4.78, 5) is 21.5. The summed E-state index contributed by atoms with van der Waals surface area (Å²) >= 11 is 1.43. The summed E-state index contributed by atoms with van der Waals surface area (Å²) < 4.78 is 5.49. The zero-order valence-electron chi connectivity index (χ0n) is 10.8. The minimum Gasteiger partial charge on any atom is -0.488 e. The predicted molar refractivity (Wildman–Crippen MR) is 78.4 cm³/mol. The highest BCUT2D eigenvalue weighted by atomic mass is 32.1. The van der Waals surface area contributed by atoms with Crippen LogP contribution < -0.4 is 4.74 Å². The fraction of sp³-hybridized carbons (Fsp3) is 0.0714. The molecular formula is C14H11NO5S. The molecule has 2 aromatic rings. The van der Waals surface area contributed by atoms with E-state index >= 15 is 0 Å². The van der Waals surface area contributed by atoms with Gasteiger partial charge >= 0.3 is 5.97 Å². The van der Waals surface area contributed by atoms with Gasteiger partial charge < -0.3 is 9.84 Å². The van der Waals surface area contributed by atoms with Crippen LogP contribution in [0.5, 0.6) is 5.75 Å². The van der Waals surface area contributed by atoms with E-state index in [0.717, 1.165) is 16.5 Å². The number of carbonyl (C=O) groups is 1. The largest absolute Gasteiger partial charge is 0.488 e. The standard InChI is InChI=1S/C14H11NO5S/c16-14(17)5-4-10-6-13(21-9-10)8-20-12-3-1-2-11(7-12)15(18)19/h1-7,9H,8H2,(H,16,17). The Balaban J connectivity index is 1.98. The average Bonchev–Trinajstić information content (AvgIpc) is 2.91. The summed E-state index contributed by atoms with van der Waals surface area (Å²) in [6, 6.07) is 7.77. The Bertz CT molecular complexity index is 692. The number of aliphatic carboxylic acids is 1. The van der Waals surface area contributed by atoms with Crippen molar-refractivity contribution in [3.8, 4) is 5.75 Å². The molecule has 0 aliphatic carbocycles. The summed E-state index contributed by atoms with van der Waals surface area (Å²) in [6.45, 7) is 0.271. The zero-order valence-corrected chi connectivity index (χ0v) is 11.6. The number of non-ortho nitro benzene ring substituents is 1. The SMILES string of the molecule is O=C(O)C=Cc1csc(COc2cccc([N+](=O)[O-])c2)c1. The highest BCUT2D eigenvalue weighted by Crippen LogP contribution is 2.22. The maximum absolute atomic E-state index is 10.7. The molecule has 1 N–H and O–H groups in total. The number of hydrogen-bond acceptors (Lipinski definition) is 5. The highest BCUT2D eigenvalue weighted by Gasteiger charge is 2.07. The number of ether oxygens (including phenoxy) is 1. The summed E-state index contributed by atoms with van der Waals surface area (Å²) in [7, 11) is 0. The van der Waals surface area contributed by atoms with Gasteiger partial charge in [0.2, 0.25) is 0 Å². The number of nitro benzene ring substituents is 1. The Hall–Kier alpha value is -2.67. The van der Waals surface area contributed by atoms with Crippen LogP contribution >= 0.6 is 11.3 Å². The fourth-order valence-corrected chi connectivity index (χ4v) is 2.33. The molecule has 0 aliphatic heterocycles. The van der Waals surface area contributed by atoms with Gasteiger partial charge in [-0.3, -0.25) is 10.1 Å². The van der Waals surface area contributed by atoms with Crippen LogP contribution in [0, 0.1) is 10.1 Å².